The first-order valence-electron chi connectivity index (χ1n) is 7.52. The Bertz CT molecular complexity index is 246. The van der Waals surface area contributed by atoms with Gasteiger partial charge in [0.15, 0.2) is 0 Å². The van der Waals surface area contributed by atoms with E-state index < -0.39 is 36.6 Å². The molecule has 0 amide bonds. The molecule has 0 aromatic rings. The molecule has 6 atom stereocenters. The second-order valence-corrected chi connectivity index (χ2v) is 5.56. The van der Waals surface area contributed by atoms with E-state index in [0.29, 0.717) is 6.61 Å². The summed E-state index contributed by atoms with van der Waals surface area (Å²) in [4.78, 5) is 0. The predicted octanol–water partition coefficient (Wildman–Crippen LogP) is -0.450. The standard InChI is InChI=1S/C14H28O6/c1-2-3-4-5-6-7-8-20-14-12(18)10(16)9(15)11(17)13(14)19/h9-19H,2-8H2,1H3/t9?,10-,11+,12-,13-,14?/m0/s1. The second kappa shape index (κ2) is 8.92. The first kappa shape index (κ1) is 17.8. The highest BCUT2D eigenvalue weighted by Gasteiger charge is 2.48. The summed E-state index contributed by atoms with van der Waals surface area (Å²) < 4.78 is 5.37. The van der Waals surface area contributed by atoms with Gasteiger partial charge in [-0.1, -0.05) is 39.0 Å². The molecule has 0 aromatic carbocycles. The molecule has 0 heterocycles. The molecule has 1 saturated carbocycles. The lowest BCUT2D eigenvalue weighted by atomic mass is 9.85. The maximum absolute atomic E-state index is 9.76. The van der Waals surface area contributed by atoms with Crippen molar-refractivity contribution in [2.24, 2.45) is 0 Å². The Morgan fingerprint density at radius 3 is 1.65 bits per heavy atom. The van der Waals surface area contributed by atoms with Gasteiger partial charge in [-0.15, -0.1) is 0 Å². The van der Waals surface area contributed by atoms with Crippen molar-refractivity contribution in [2.45, 2.75) is 82.1 Å². The van der Waals surface area contributed by atoms with Crippen molar-refractivity contribution in [3.63, 3.8) is 0 Å². The fourth-order valence-electron chi connectivity index (χ4n) is 2.50. The van der Waals surface area contributed by atoms with E-state index in [-0.39, 0.29) is 0 Å². The molecule has 0 aliphatic heterocycles. The number of aliphatic hydroxyl groups excluding tert-OH is 5. The monoisotopic (exact) mass is 292 g/mol. The lowest BCUT2D eigenvalue weighted by Gasteiger charge is -2.41. The number of unbranched alkanes of at least 4 members (excludes halogenated alkanes) is 5. The van der Waals surface area contributed by atoms with Crippen LogP contribution < -0.4 is 0 Å². The van der Waals surface area contributed by atoms with Gasteiger partial charge in [-0.05, 0) is 6.42 Å². The smallest absolute Gasteiger partial charge is 0.114 e. The molecule has 120 valence electrons. The van der Waals surface area contributed by atoms with Crippen LogP contribution in [-0.2, 0) is 4.74 Å². The normalized spacial score (nSPS) is 38.1. The van der Waals surface area contributed by atoms with Gasteiger partial charge in [-0.25, -0.2) is 0 Å². The molecule has 1 fully saturated rings. The van der Waals surface area contributed by atoms with Crippen LogP contribution in [0.2, 0.25) is 0 Å². The van der Waals surface area contributed by atoms with E-state index in [1.165, 1.54) is 19.3 Å². The highest BCUT2D eigenvalue weighted by atomic mass is 16.5. The zero-order chi connectivity index (χ0) is 15.1. The number of hydrogen-bond donors (Lipinski definition) is 5. The quantitative estimate of drug-likeness (QED) is 0.388. The van der Waals surface area contributed by atoms with E-state index in [4.69, 9.17) is 4.74 Å². The van der Waals surface area contributed by atoms with Crippen LogP contribution in [0.15, 0.2) is 0 Å². The Balaban J connectivity index is 2.27. The maximum atomic E-state index is 9.76. The topological polar surface area (TPSA) is 110 Å². The summed E-state index contributed by atoms with van der Waals surface area (Å²) in [7, 11) is 0. The fraction of sp³-hybridized carbons (Fsp3) is 1.00. The molecule has 5 N–H and O–H groups in total. The van der Waals surface area contributed by atoms with Crippen molar-refractivity contribution in [3.05, 3.63) is 0 Å². The van der Waals surface area contributed by atoms with Crippen LogP contribution in [0.5, 0.6) is 0 Å². The third kappa shape index (κ3) is 4.65. The summed E-state index contributed by atoms with van der Waals surface area (Å²) in [6, 6.07) is 0. The van der Waals surface area contributed by atoms with Gasteiger partial charge in [0.05, 0.1) is 0 Å². The second-order valence-electron chi connectivity index (χ2n) is 5.56. The zero-order valence-electron chi connectivity index (χ0n) is 12.1. The lowest BCUT2D eigenvalue weighted by molar-refractivity contribution is -0.235. The Morgan fingerprint density at radius 2 is 1.10 bits per heavy atom. The molecule has 0 aromatic heterocycles. The van der Waals surface area contributed by atoms with Crippen molar-refractivity contribution in [2.75, 3.05) is 6.61 Å². The van der Waals surface area contributed by atoms with Crippen molar-refractivity contribution >= 4 is 0 Å². The fourth-order valence-corrected chi connectivity index (χ4v) is 2.50. The van der Waals surface area contributed by atoms with E-state index in [1.807, 2.05) is 0 Å². The van der Waals surface area contributed by atoms with Gasteiger partial charge in [0, 0.05) is 6.61 Å². The number of ether oxygens (including phenoxy) is 1. The van der Waals surface area contributed by atoms with Crippen molar-refractivity contribution in [3.8, 4) is 0 Å². The molecule has 0 radical (unpaired) electrons. The Labute approximate surface area is 120 Å². The van der Waals surface area contributed by atoms with Crippen LogP contribution in [0, 0.1) is 0 Å². The molecule has 0 saturated heterocycles. The summed E-state index contributed by atoms with van der Waals surface area (Å²) in [5.41, 5.74) is 0. The molecule has 6 heteroatoms. The molecule has 0 spiro atoms. The Morgan fingerprint density at radius 1 is 0.650 bits per heavy atom. The Kier molecular flexibility index (Phi) is 7.94. The van der Waals surface area contributed by atoms with Gasteiger partial charge < -0.3 is 30.3 Å². The summed E-state index contributed by atoms with van der Waals surface area (Å²) in [6.45, 7) is 2.50. The van der Waals surface area contributed by atoms with E-state index in [1.54, 1.807) is 0 Å². The van der Waals surface area contributed by atoms with Gasteiger partial charge in [-0.2, -0.15) is 0 Å². The predicted molar refractivity (Wildman–Crippen MR) is 73.2 cm³/mol. The third-order valence-corrected chi connectivity index (χ3v) is 3.88. The molecule has 20 heavy (non-hydrogen) atoms. The minimum absolute atomic E-state index is 0.348. The number of rotatable bonds is 8. The summed E-state index contributed by atoms with van der Waals surface area (Å²) >= 11 is 0. The van der Waals surface area contributed by atoms with Crippen LogP contribution in [0.3, 0.4) is 0 Å². The van der Waals surface area contributed by atoms with Crippen molar-refractivity contribution in [1.29, 1.82) is 0 Å². The molecule has 1 aliphatic rings. The Hall–Kier alpha value is -0.240. The first-order valence-corrected chi connectivity index (χ1v) is 7.52. The average molecular weight is 292 g/mol. The molecule has 2 unspecified atom stereocenters. The highest BCUT2D eigenvalue weighted by Crippen LogP contribution is 2.24. The molecule has 6 nitrogen and oxygen atoms in total. The zero-order valence-corrected chi connectivity index (χ0v) is 12.1. The van der Waals surface area contributed by atoms with E-state index >= 15 is 0 Å². The van der Waals surface area contributed by atoms with Crippen LogP contribution in [0.25, 0.3) is 0 Å². The molecule has 1 aliphatic carbocycles. The molecular weight excluding hydrogens is 264 g/mol. The summed E-state index contributed by atoms with van der Waals surface area (Å²) in [6.07, 6.45) is -1.93. The van der Waals surface area contributed by atoms with Crippen LogP contribution in [-0.4, -0.2) is 68.8 Å². The summed E-state index contributed by atoms with van der Waals surface area (Å²) in [5, 5.41) is 48.1. The van der Waals surface area contributed by atoms with Gasteiger partial charge in [0.2, 0.25) is 0 Å². The highest BCUT2D eigenvalue weighted by molar-refractivity contribution is 4.99. The van der Waals surface area contributed by atoms with Crippen LogP contribution in [0.4, 0.5) is 0 Å². The van der Waals surface area contributed by atoms with Gasteiger partial charge >= 0.3 is 0 Å². The van der Waals surface area contributed by atoms with Gasteiger partial charge in [-0.3, -0.25) is 0 Å². The summed E-state index contributed by atoms with van der Waals surface area (Å²) in [5.74, 6) is 0. The maximum Gasteiger partial charge on any atom is 0.114 e. The lowest BCUT2D eigenvalue weighted by Crippen LogP contribution is -2.64. The van der Waals surface area contributed by atoms with Crippen LogP contribution >= 0.6 is 0 Å². The minimum Gasteiger partial charge on any atom is -0.387 e. The SMILES string of the molecule is CCCCCCCCOC1[C@@H](O)[C@H](O)C(O)[C@H](O)[C@@H]1O. The van der Waals surface area contributed by atoms with E-state index in [2.05, 4.69) is 6.92 Å². The van der Waals surface area contributed by atoms with E-state index in [9.17, 15) is 25.5 Å². The largest absolute Gasteiger partial charge is 0.387 e. The first-order chi connectivity index (χ1) is 9.50. The van der Waals surface area contributed by atoms with Crippen LogP contribution in [0.1, 0.15) is 45.4 Å². The molecular formula is C14H28O6. The third-order valence-electron chi connectivity index (χ3n) is 3.88. The minimum atomic E-state index is -1.56. The molecule has 0 bridgehead atoms. The van der Waals surface area contributed by atoms with Crippen molar-refractivity contribution < 1.29 is 30.3 Å². The number of aliphatic hydroxyl groups is 5. The van der Waals surface area contributed by atoms with Gasteiger partial charge in [0.25, 0.3) is 0 Å². The number of hydrogen-bond acceptors (Lipinski definition) is 6. The van der Waals surface area contributed by atoms with Gasteiger partial charge in [0.1, 0.15) is 36.6 Å². The molecule has 1 rings (SSSR count). The van der Waals surface area contributed by atoms with E-state index in [0.717, 1.165) is 19.3 Å². The average Bonchev–Trinajstić information content (AvgIpc) is 2.45. The van der Waals surface area contributed by atoms with Crippen molar-refractivity contribution in [1.82, 2.24) is 0 Å².